The smallest absolute Gasteiger partial charge is 0.223 e. The van der Waals surface area contributed by atoms with Gasteiger partial charge < -0.3 is 14.4 Å². The minimum Gasteiger partial charge on any atom is -0.493 e. The molecule has 1 unspecified atom stereocenters. The third kappa shape index (κ3) is 2.79. The number of carbonyl (C=O) groups excluding carboxylic acids is 1. The number of benzene rings is 1. The quantitative estimate of drug-likeness (QED) is 0.839. The van der Waals surface area contributed by atoms with Crippen LogP contribution < -0.4 is 9.47 Å². The number of nitrogens with zero attached hydrogens (tertiary/aromatic N) is 1. The van der Waals surface area contributed by atoms with Crippen LogP contribution in [0.15, 0.2) is 18.2 Å². The molecule has 1 saturated heterocycles. The number of hydrogen-bond acceptors (Lipinski definition) is 3. The molecule has 22 heavy (non-hydrogen) atoms. The molecule has 3 atom stereocenters. The first-order chi connectivity index (χ1) is 10.6. The highest BCUT2D eigenvalue weighted by Crippen LogP contribution is 2.41. The van der Waals surface area contributed by atoms with E-state index in [1.165, 1.54) is 18.4 Å². The van der Waals surface area contributed by atoms with Crippen molar-refractivity contribution in [3.05, 3.63) is 23.8 Å². The first-order valence-electron chi connectivity index (χ1n) is 8.12. The van der Waals surface area contributed by atoms with Gasteiger partial charge in [-0.05, 0) is 48.8 Å². The van der Waals surface area contributed by atoms with Crippen molar-refractivity contribution in [3.63, 3.8) is 0 Å². The summed E-state index contributed by atoms with van der Waals surface area (Å²) in [5, 5.41) is 0. The van der Waals surface area contributed by atoms with E-state index < -0.39 is 0 Å². The van der Waals surface area contributed by atoms with Crippen LogP contribution in [0, 0.1) is 11.8 Å². The van der Waals surface area contributed by atoms with E-state index in [0.29, 0.717) is 17.9 Å². The van der Waals surface area contributed by atoms with Crippen molar-refractivity contribution in [3.8, 4) is 11.5 Å². The lowest BCUT2D eigenvalue weighted by Crippen LogP contribution is -2.35. The molecule has 1 heterocycles. The summed E-state index contributed by atoms with van der Waals surface area (Å²) in [6.45, 7) is 3.11. The molecule has 0 N–H and O–H groups in total. The minimum atomic E-state index is 0.336. The SMILES string of the molecule is COc1ccc(CCN2C(=O)C[C@H]3C[C@@H](C)CC32)cc1OC. The maximum atomic E-state index is 12.2. The summed E-state index contributed by atoms with van der Waals surface area (Å²) in [5.74, 6) is 3.18. The second-order valence-electron chi connectivity index (χ2n) is 6.63. The van der Waals surface area contributed by atoms with E-state index in [0.717, 1.165) is 36.8 Å². The van der Waals surface area contributed by atoms with E-state index in [4.69, 9.17) is 9.47 Å². The van der Waals surface area contributed by atoms with Gasteiger partial charge in [0.25, 0.3) is 0 Å². The Morgan fingerprint density at radius 3 is 2.68 bits per heavy atom. The van der Waals surface area contributed by atoms with Crippen LogP contribution in [0.5, 0.6) is 11.5 Å². The van der Waals surface area contributed by atoms with Crippen molar-refractivity contribution >= 4 is 5.91 Å². The molecule has 1 aromatic rings. The molecule has 0 spiro atoms. The molecule has 0 aromatic heterocycles. The van der Waals surface area contributed by atoms with Crippen LogP contribution in [0.2, 0.25) is 0 Å². The number of hydrogen-bond donors (Lipinski definition) is 0. The largest absolute Gasteiger partial charge is 0.493 e. The van der Waals surface area contributed by atoms with Crippen molar-refractivity contribution < 1.29 is 14.3 Å². The zero-order chi connectivity index (χ0) is 15.7. The number of rotatable bonds is 5. The highest BCUT2D eigenvalue weighted by molar-refractivity contribution is 5.79. The predicted octanol–water partition coefficient (Wildman–Crippen LogP) is 2.89. The maximum absolute atomic E-state index is 12.2. The first kappa shape index (κ1) is 15.2. The van der Waals surface area contributed by atoms with Crippen molar-refractivity contribution in [2.45, 2.75) is 38.6 Å². The van der Waals surface area contributed by atoms with Crippen LogP contribution in [0.25, 0.3) is 0 Å². The third-order valence-corrected chi connectivity index (χ3v) is 5.14. The molecule has 120 valence electrons. The second-order valence-corrected chi connectivity index (χ2v) is 6.63. The van der Waals surface area contributed by atoms with Crippen molar-refractivity contribution in [2.24, 2.45) is 11.8 Å². The Morgan fingerprint density at radius 1 is 1.18 bits per heavy atom. The fraction of sp³-hybridized carbons (Fsp3) is 0.611. The molecule has 0 radical (unpaired) electrons. The Hall–Kier alpha value is -1.71. The molecule has 2 fully saturated rings. The lowest BCUT2D eigenvalue weighted by molar-refractivity contribution is -0.129. The average molecular weight is 303 g/mol. The zero-order valence-corrected chi connectivity index (χ0v) is 13.7. The van der Waals surface area contributed by atoms with Crippen LogP contribution in [0.1, 0.15) is 31.7 Å². The van der Waals surface area contributed by atoms with Gasteiger partial charge in [-0.3, -0.25) is 4.79 Å². The summed E-state index contributed by atoms with van der Waals surface area (Å²) in [6.07, 6.45) is 4.00. The molecule has 4 nitrogen and oxygen atoms in total. The topological polar surface area (TPSA) is 38.8 Å². The monoisotopic (exact) mass is 303 g/mol. The van der Waals surface area contributed by atoms with Gasteiger partial charge in [-0.2, -0.15) is 0 Å². The van der Waals surface area contributed by atoms with Gasteiger partial charge in [0.1, 0.15) is 0 Å². The highest BCUT2D eigenvalue weighted by Gasteiger charge is 2.44. The second kappa shape index (κ2) is 6.19. The van der Waals surface area contributed by atoms with Crippen LogP contribution in [0.3, 0.4) is 0 Å². The molecule has 0 bridgehead atoms. The minimum absolute atomic E-state index is 0.336. The van der Waals surface area contributed by atoms with Crippen molar-refractivity contribution in [1.82, 2.24) is 4.90 Å². The summed E-state index contributed by atoms with van der Waals surface area (Å²) in [4.78, 5) is 14.3. The Balaban J connectivity index is 1.66. The van der Waals surface area contributed by atoms with Gasteiger partial charge in [0.15, 0.2) is 11.5 Å². The van der Waals surface area contributed by atoms with Crippen LogP contribution in [-0.4, -0.2) is 37.6 Å². The van der Waals surface area contributed by atoms with Gasteiger partial charge >= 0.3 is 0 Å². The molecule has 2 aliphatic rings. The Bertz CT molecular complexity index is 557. The summed E-state index contributed by atoms with van der Waals surface area (Å²) in [7, 11) is 3.29. The van der Waals surface area contributed by atoms with Gasteiger partial charge in [-0.1, -0.05) is 13.0 Å². The van der Waals surface area contributed by atoms with E-state index in [1.807, 2.05) is 12.1 Å². The molecule has 1 saturated carbocycles. The first-order valence-corrected chi connectivity index (χ1v) is 8.12. The van der Waals surface area contributed by atoms with Crippen LogP contribution in [-0.2, 0) is 11.2 Å². The molecular formula is C18H25NO3. The molecule has 1 amide bonds. The molecule has 1 aromatic carbocycles. The van der Waals surface area contributed by atoms with E-state index in [1.54, 1.807) is 14.2 Å². The van der Waals surface area contributed by atoms with Crippen LogP contribution >= 0.6 is 0 Å². The molecule has 4 heteroatoms. The number of amides is 1. The number of ether oxygens (including phenoxy) is 2. The summed E-state index contributed by atoms with van der Waals surface area (Å²) < 4.78 is 10.6. The van der Waals surface area contributed by atoms with E-state index in [2.05, 4.69) is 17.9 Å². The number of likely N-dealkylation sites (tertiary alicyclic amines) is 1. The molecule has 1 aliphatic carbocycles. The highest BCUT2D eigenvalue weighted by atomic mass is 16.5. The van der Waals surface area contributed by atoms with Gasteiger partial charge in [-0.25, -0.2) is 0 Å². The lowest BCUT2D eigenvalue weighted by Gasteiger charge is -2.24. The van der Waals surface area contributed by atoms with E-state index in [9.17, 15) is 4.79 Å². The Morgan fingerprint density at radius 2 is 1.95 bits per heavy atom. The Labute approximate surface area is 132 Å². The van der Waals surface area contributed by atoms with Gasteiger partial charge in [0.2, 0.25) is 5.91 Å². The van der Waals surface area contributed by atoms with Gasteiger partial charge in [-0.15, -0.1) is 0 Å². The third-order valence-electron chi connectivity index (χ3n) is 5.14. The summed E-state index contributed by atoms with van der Waals surface area (Å²) in [5.41, 5.74) is 1.18. The zero-order valence-electron chi connectivity index (χ0n) is 13.7. The van der Waals surface area contributed by atoms with E-state index >= 15 is 0 Å². The van der Waals surface area contributed by atoms with Crippen molar-refractivity contribution in [2.75, 3.05) is 20.8 Å². The predicted molar refractivity (Wildman–Crippen MR) is 85.3 cm³/mol. The van der Waals surface area contributed by atoms with Crippen molar-refractivity contribution in [1.29, 1.82) is 0 Å². The Kier molecular flexibility index (Phi) is 4.27. The molecule has 3 rings (SSSR count). The fourth-order valence-corrected chi connectivity index (χ4v) is 4.08. The average Bonchev–Trinajstić information content (AvgIpc) is 3.00. The number of carbonyl (C=O) groups is 1. The lowest BCUT2D eigenvalue weighted by atomic mass is 10.0. The molecule has 1 aliphatic heterocycles. The normalized spacial score (nSPS) is 27.1. The van der Waals surface area contributed by atoms with Gasteiger partial charge in [0, 0.05) is 19.0 Å². The number of methoxy groups -OCH3 is 2. The summed E-state index contributed by atoms with van der Waals surface area (Å²) in [6, 6.07) is 6.47. The van der Waals surface area contributed by atoms with Gasteiger partial charge in [0.05, 0.1) is 14.2 Å². The van der Waals surface area contributed by atoms with E-state index in [-0.39, 0.29) is 0 Å². The number of fused-ring (bicyclic) bond motifs is 1. The fourth-order valence-electron chi connectivity index (χ4n) is 4.08. The van der Waals surface area contributed by atoms with Crippen LogP contribution in [0.4, 0.5) is 0 Å². The standard InChI is InChI=1S/C18H25NO3/c1-12-8-14-11-18(20)19(15(14)9-12)7-6-13-4-5-16(21-2)17(10-13)22-3/h4-5,10,12,14-15H,6-9,11H2,1-3H3/t12-,14-,15?/m1/s1. The maximum Gasteiger partial charge on any atom is 0.223 e. The molecular weight excluding hydrogens is 278 g/mol. The summed E-state index contributed by atoms with van der Waals surface area (Å²) >= 11 is 0.